The van der Waals surface area contributed by atoms with Crippen LogP contribution in [-0.2, 0) is 4.74 Å². The normalized spacial score (nSPS) is 22.9. The summed E-state index contributed by atoms with van der Waals surface area (Å²) >= 11 is 0. The van der Waals surface area contributed by atoms with Gasteiger partial charge in [-0.2, -0.15) is 0 Å². The van der Waals surface area contributed by atoms with Gasteiger partial charge in [0.05, 0.1) is 6.10 Å². The highest BCUT2D eigenvalue weighted by molar-refractivity contribution is 5.64. The highest BCUT2D eigenvalue weighted by Crippen LogP contribution is 2.26. The number of aromatic nitrogens is 2. The molecule has 0 aliphatic carbocycles. The molecular weight excluding hydrogens is 242 g/mol. The van der Waals surface area contributed by atoms with Gasteiger partial charge in [0.1, 0.15) is 6.23 Å². The number of rotatable bonds is 3. The lowest BCUT2D eigenvalue weighted by atomic mass is 10.2. The average Bonchev–Trinajstić information content (AvgIpc) is 2.75. The smallest absolute Gasteiger partial charge is 0.404 e. The first kappa shape index (κ1) is 12.4. The van der Waals surface area contributed by atoms with Crippen molar-refractivity contribution in [1.82, 2.24) is 14.9 Å². The number of amides is 1. The minimum Gasteiger partial charge on any atom is -0.465 e. The third-order valence-electron chi connectivity index (χ3n) is 2.73. The first-order chi connectivity index (χ1) is 8.56. The largest absolute Gasteiger partial charge is 0.465 e. The Balaban J connectivity index is 2.02. The Morgan fingerprint density at radius 1 is 1.56 bits per heavy atom. The van der Waals surface area contributed by atoms with E-state index >= 15 is 0 Å². The van der Waals surface area contributed by atoms with Crippen LogP contribution in [0.3, 0.4) is 0 Å². The quantitative estimate of drug-likeness (QED) is 0.672. The highest BCUT2D eigenvalue weighted by atomic mass is 16.5. The predicted octanol–water partition coefficient (Wildman–Crippen LogP) is -0.518. The first-order valence-corrected chi connectivity index (χ1v) is 5.50. The van der Waals surface area contributed by atoms with E-state index in [9.17, 15) is 14.4 Å². The molecule has 2 unspecified atom stereocenters. The molecule has 0 spiro atoms. The van der Waals surface area contributed by atoms with Crippen LogP contribution < -0.4 is 16.6 Å². The van der Waals surface area contributed by atoms with Gasteiger partial charge in [0, 0.05) is 18.8 Å². The summed E-state index contributed by atoms with van der Waals surface area (Å²) in [7, 11) is 0. The number of hydrogen-bond acceptors (Lipinski definition) is 4. The number of carbonyl (C=O) groups is 1. The number of hydrogen-bond donors (Lipinski definition) is 3. The van der Waals surface area contributed by atoms with Crippen LogP contribution in [0, 0.1) is 0 Å². The Bertz CT molecular complexity index is 549. The van der Waals surface area contributed by atoms with E-state index in [1.165, 1.54) is 16.8 Å². The van der Waals surface area contributed by atoms with E-state index in [0.29, 0.717) is 12.8 Å². The van der Waals surface area contributed by atoms with Crippen molar-refractivity contribution in [3.63, 3.8) is 0 Å². The molecule has 1 saturated heterocycles. The van der Waals surface area contributed by atoms with E-state index in [0.717, 1.165) is 0 Å². The van der Waals surface area contributed by atoms with Crippen LogP contribution in [0.25, 0.3) is 0 Å². The summed E-state index contributed by atoms with van der Waals surface area (Å²) < 4.78 is 6.83. The van der Waals surface area contributed by atoms with Gasteiger partial charge in [-0.15, -0.1) is 0 Å². The van der Waals surface area contributed by atoms with Gasteiger partial charge in [0.2, 0.25) is 0 Å². The van der Waals surface area contributed by atoms with Crippen LogP contribution in [0.2, 0.25) is 0 Å². The van der Waals surface area contributed by atoms with Gasteiger partial charge >= 0.3 is 11.8 Å². The molecule has 1 fully saturated rings. The van der Waals surface area contributed by atoms with Crippen LogP contribution >= 0.6 is 0 Å². The van der Waals surface area contributed by atoms with E-state index in [-0.39, 0.29) is 12.6 Å². The lowest BCUT2D eigenvalue weighted by Gasteiger charge is -2.15. The minimum atomic E-state index is -1.11. The Kier molecular flexibility index (Phi) is 3.47. The molecule has 8 heteroatoms. The van der Waals surface area contributed by atoms with E-state index in [2.05, 4.69) is 10.3 Å². The van der Waals surface area contributed by atoms with Crippen LogP contribution in [-0.4, -0.2) is 33.4 Å². The molecule has 2 atom stereocenters. The first-order valence-electron chi connectivity index (χ1n) is 5.50. The topological polar surface area (TPSA) is 113 Å². The SMILES string of the molecule is O=C(O)NCC1CCC(n2ccc(=O)[nH]c2=O)O1. The fraction of sp³-hybridized carbons (Fsp3) is 0.500. The van der Waals surface area contributed by atoms with Crippen LogP contribution in [0.15, 0.2) is 21.9 Å². The molecule has 3 N–H and O–H groups in total. The number of ether oxygens (including phenoxy) is 1. The molecule has 0 aromatic carbocycles. The zero-order chi connectivity index (χ0) is 13.1. The zero-order valence-corrected chi connectivity index (χ0v) is 9.46. The maximum absolute atomic E-state index is 11.5. The molecule has 8 nitrogen and oxygen atoms in total. The molecule has 1 aromatic rings. The molecule has 0 bridgehead atoms. The molecule has 1 amide bonds. The van der Waals surface area contributed by atoms with Crippen molar-refractivity contribution in [2.45, 2.75) is 25.2 Å². The number of nitrogens with zero attached hydrogens (tertiary/aromatic N) is 1. The number of nitrogens with one attached hydrogen (secondary N) is 2. The highest BCUT2D eigenvalue weighted by Gasteiger charge is 2.27. The molecule has 18 heavy (non-hydrogen) atoms. The van der Waals surface area contributed by atoms with Crippen molar-refractivity contribution in [1.29, 1.82) is 0 Å². The fourth-order valence-corrected chi connectivity index (χ4v) is 1.90. The maximum Gasteiger partial charge on any atom is 0.404 e. The molecule has 2 rings (SSSR count). The molecule has 98 valence electrons. The lowest BCUT2D eigenvalue weighted by molar-refractivity contribution is 0.000394. The zero-order valence-electron chi connectivity index (χ0n) is 9.46. The lowest BCUT2D eigenvalue weighted by Crippen LogP contribution is -2.33. The maximum atomic E-state index is 11.5. The van der Waals surface area contributed by atoms with Crippen LogP contribution in [0.1, 0.15) is 19.1 Å². The third-order valence-corrected chi connectivity index (χ3v) is 2.73. The van der Waals surface area contributed by atoms with Gasteiger partial charge in [-0.25, -0.2) is 9.59 Å². The standard InChI is InChI=1S/C10H13N3O5/c14-7-3-4-13(9(15)12-7)8-2-1-6(18-8)5-11-10(16)17/h3-4,6,8,11H,1-2,5H2,(H,16,17)(H,12,14,15). The van der Waals surface area contributed by atoms with Crippen molar-refractivity contribution in [3.8, 4) is 0 Å². The van der Waals surface area contributed by atoms with Gasteiger partial charge < -0.3 is 15.2 Å². The van der Waals surface area contributed by atoms with E-state index in [1.807, 2.05) is 0 Å². The monoisotopic (exact) mass is 255 g/mol. The van der Waals surface area contributed by atoms with E-state index in [1.54, 1.807) is 0 Å². The van der Waals surface area contributed by atoms with Crippen molar-refractivity contribution < 1.29 is 14.6 Å². The van der Waals surface area contributed by atoms with Crippen molar-refractivity contribution in [2.24, 2.45) is 0 Å². The summed E-state index contributed by atoms with van der Waals surface area (Å²) in [5.74, 6) is 0. The number of H-pyrrole nitrogens is 1. The van der Waals surface area contributed by atoms with Crippen molar-refractivity contribution in [2.75, 3.05) is 6.54 Å². The van der Waals surface area contributed by atoms with Gasteiger partial charge in [-0.1, -0.05) is 0 Å². The molecule has 2 heterocycles. The summed E-state index contributed by atoms with van der Waals surface area (Å²) in [6.45, 7) is 0.184. The van der Waals surface area contributed by atoms with E-state index < -0.39 is 23.6 Å². The van der Waals surface area contributed by atoms with Gasteiger partial charge in [0.25, 0.3) is 5.56 Å². The average molecular weight is 255 g/mol. The van der Waals surface area contributed by atoms with Gasteiger partial charge in [0.15, 0.2) is 0 Å². The van der Waals surface area contributed by atoms with Gasteiger partial charge in [-0.3, -0.25) is 14.3 Å². The van der Waals surface area contributed by atoms with Crippen LogP contribution in [0.5, 0.6) is 0 Å². The van der Waals surface area contributed by atoms with Crippen molar-refractivity contribution in [3.05, 3.63) is 33.1 Å². The van der Waals surface area contributed by atoms with Gasteiger partial charge in [-0.05, 0) is 12.8 Å². The number of aromatic amines is 1. The summed E-state index contributed by atoms with van der Waals surface area (Å²) in [5, 5.41) is 10.7. The summed E-state index contributed by atoms with van der Waals surface area (Å²) in [6.07, 6.45) is 0.788. The Hall–Kier alpha value is -2.09. The molecule has 1 aliphatic heterocycles. The Morgan fingerprint density at radius 2 is 2.33 bits per heavy atom. The van der Waals surface area contributed by atoms with E-state index in [4.69, 9.17) is 9.84 Å². The molecule has 1 aromatic heterocycles. The third kappa shape index (κ3) is 2.77. The predicted molar refractivity (Wildman–Crippen MR) is 60.5 cm³/mol. The summed E-state index contributed by atoms with van der Waals surface area (Å²) in [4.78, 5) is 34.9. The number of carboxylic acid groups (broad SMARTS) is 1. The molecule has 0 radical (unpaired) electrons. The molecule has 1 aliphatic rings. The second-order valence-corrected chi connectivity index (χ2v) is 3.99. The second-order valence-electron chi connectivity index (χ2n) is 3.99. The fourth-order valence-electron chi connectivity index (χ4n) is 1.90. The van der Waals surface area contributed by atoms with Crippen LogP contribution in [0.4, 0.5) is 4.79 Å². The molecule has 0 saturated carbocycles. The molecular formula is C10H13N3O5. The minimum absolute atomic E-state index is 0.184. The second kappa shape index (κ2) is 5.05. The summed E-state index contributed by atoms with van der Waals surface area (Å²) in [5.41, 5.74) is -0.988. The Morgan fingerprint density at radius 3 is 3.00 bits per heavy atom. The summed E-state index contributed by atoms with van der Waals surface area (Å²) in [6, 6.07) is 1.24. The Labute approximate surface area is 101 Å². The van der Waals surface area contributed by atoms with Crippen molar-refractivity contribution >= 4 is 6.09 Å².